The number of carboxylic acids is 1. The molecule has 0 aromatic heterocycles. The predicted molar refractivity (Wildman–Crippen MR) is 84.2 cm³/mol. The molecule has 0 saturated carbocycles. The Kier molecular flexibility index (Phi) is 8.22. The maximum atomic E-state index is 12.0. The molecule has 0 unspecified atom stereocenters. The number of para-hydroxylation sites is 1. The fourth-order valence-corrected chi connectivity index (χ4v) is 2.27. The first-order valence-electron chi connectivity index (χ1n) is 7.94. The van der Waals surface area contributed by atoms with Gasteiger partial charge in [0.1, 0.15) is 6.04 Å². The summed E-state index contributed by atoms with van der Waals surface area (Å²) >= 11 is 0. The van der Waals surface area contributed by atoms with E-state index in [-0.39, 0.29) is 12.3 Å². The van der Waals surface area contributed by atoms with Gasteiger partial charge < -0.3 is 20.5 Å². The average Bonchev–Trinajstić information content (AvgIpc) is 2.48. The summed E-state index contributed by atoms with van der Waals surface area (Å²) in [4.78, 5) is 23.1. The maximum Gasteiger partial charge on any atom is 0.230 e. The second kappa shape index (κ2) is 9.95. The van der Waals surface area contributed by atoms with Crippen LogP contribution in [0.15, 0.2) is 24.3 Å². The molecule has 0 heterocycles. The van der Waals surface area contributed by atoms with Crippen LogP contribution < -0.4 is 15.7 Å². The first kappa shape index (κ1) is 18.2. The highest BCUT2D eigenvalue weighted by molar-refractivity contribution is 5.93. The van der Waals surface area contributed by atoms with Crippen LogP contribution in [0.1, 0.15) is 44.6 Å². The van der Waals surface area contributed by atoms with E-state index >= 15 is 0 Å². The van der Waals surface area contributed by atoms with Gasteiger partial charge in [-0.05, 0) is 31.4 Å². The first-order valence-corrected chi connectivity index (χ1v) is 7.94. The largest absolute Gasteiger partial charge is 0.544 e. The molecule has 1 amide bonds. The number of carbonyl (C=O) groups excluding carboxylic acids is 2. The molecule has 0 bridgehead atoms. The highest BCUT2D eigenvalue weighted by atomic mass is 16.4. The van der Waals surface area contributed by atoms with Gasteiger partial charge in [0, 0.05) is 5.69 Å². The zero-order valence-electron chi connectivity index (χ0n) is 13.4. The van der Waals surface area contributed by atoms with Crippen molar-refractivity contribution in [2.75, 3.05) is 11.9 Å². The molecular weight excluding hydrogens is 280 g/mol. The number of unbranched alkanes of at least 4 members (excludes halogenated alkanes) is 3. The molecule has 5 heteroatoms. The van der Waals surface area contributed by atoms with E-state index in [1.807, 2.05) is 25.1 Å². The summed E-state index contributed by atoms with van der Waals surface area (Å²) in [6.45, 7) is 4.73. The van der Waals surface area contributed by atoms with Crippen molar-refractivity contribution in [1.82, 2.24) is 0 Å². The Labute approximate surface area is 132 Å². The van der Waals surface area contributed by atoms with Crippen LogP contribution in [0.2, 0.25) is 0 Å². The Hall–Kier alpha value is -1.88. The van der Waals surface area contributed by atoms with Crippen molar-refractivity contribution < 1.29 is 20.0 Å². The maximum absolute atomic E-state index is 12.0. The molecule has 0 saturated heterocycles. The van der Waals surface area contributed by atoms with Gasteiger partial charge in [-0.1, -0.05) is 38.0 Å². The quantitative estimate of drug-likeness (QED) is 0.620. The fraction of sp³-hybridized carbons (Fsp3) is 0.529. The van der Waals surface area contributed by atoms with Gasteiger partial charge in [-0.25, -0.2) is 0 Å². The van der Waals surface area contributed by atoms with Crippen molar-refractivity contribution in [3.8, 4) is 0 Å². The monoisotopic (exact) mass is 306 g/mol. The summed E-state index contributed by atoms with van der Waals surface area (Å²) in [6, 6.07) is 6.59. The number of nitrogens with two attached hydrogens (primary N) is 1. The third kappa shape index (κ3) is 6.72. The number of aryl methyl sites for hydroxylation is 1. The number of quaternary nitrogens is 1. The third-order valence-electron chi connectivity index (χ3n) is 3.64. The summed E-state index contributed by atoms with van der Waals surface area (Å²) in [5.41, 5.74) is 1.66. The van der Waals surface area contributed by atoms with Crippen LogP contribution in [-0.2, 0) is 9.59 Å². The zero-order chi connectivity index (χ0) is 16.4. The summed E-state index contributed by atoms with van der Waals surface area (Å²) in [7, 11) is 0. The Bertz CT molecular complexity index is 489. The van der Waals surface area contributed by atoms with Gasteiger partial charge in [-0.2, -0.15) is 0 Å². The molecule has 0 aliphatic heterocycles. The molecule has 5 nitrogen and oxygen atoms in total. The van der Waals surface area contributed by atoms with Gasteiger partial charge in [0.15, 0.2) is 0 Å². The van der Waals surface area contributed by atoms with E-state index < -0.39 is 12.0 Å². The Morgan fingerprint density at radius 2 is 1.95 bits per heavy atom. The van der Waals surface area contributed by atoms with Crippen LogP contribution in [0.25, 0.3) is 0 Å². The highest BCUT2D eigenvalue weighted by Crippen LogP contribution is 2.13. The van der Waals surface area contributed by atoms with Crippen molar-refractivity contribution in [1.29, 1.82) is 0 Å². The van der Waals surface area contributed by atoms with Crippen molar-refractivity contribution in [2.45, 2.75) is 52.0 Å². The van der Waals surface area contributed by atoms with Crippen LogP contribution in [0.3, 0.4) is 0 Å². The minimum absolute atomic E-state index is 0.0789. The second-order valence-corrected chi connectivity index (χ2v) is 5.58. The Morgan fingerprint density at radius 3 is 2.59 bits per heavy atom. The summed E-state index contributed by atoms with van der Waals surface area (Å²) < 4.78 is 0. The van der Waals surface area contributed by atoms with Crippen molar-refractivity contribution in [3.63, 3.8) is 0 Å². The zero-order valence-corrected chi connectivity index (χ0v) is 13.4. The lowest BCUT2D eigenvalue weighted by Gasteiger charge is -2.16. The Morgan fingerprint density at radius 1 is 1.23 bits per heavy atom. The van der Waals surface area contributed by atoms with Crippen LogP contribution in [-0.4, -0.2) is 24.5 Å². The van der Waals surface area contributed by atoms with E-state index in [4.69, 9.17) is 0 Å². The molecule has 1 aromatic carbocycles. The van der Waals surface area contributed by atoms with Crippen LogP contribution >= 0.6 is 0 Å². The van der Waals surface area contributed by atoms with Gasteiger partial charge in [-0.3, -0.25) is 4.79 Å². The number of nitrogens with one attached hydrogen (secondary N) is 1. The average molecular weight is 306 g/mol. The minimum Gasteiger partial charge on any atom is -0.544 e. The molecule has 1 atom stereocenters. The molecule has 0 aliphatic rings. The first-order chi connectivity index (χ1) is 10.5. The fourth-order valence-electron chi connectivity index (χ4n) is 2.27. The number of amides is 1. The molecule has 3 N–H and O–H groups in total. The lowest BCUT2D eigenvalue weighted by molar-refractivity contribution is -0.682. The third-order valence-corrected chi connectivity index (χ3v) is 3.64. The highest BCUT2D eigenvalue weighted by Gasteiger charge is 2.18. The van der Waals surface area contributed by atoms with E-state index in [9.17, 15) is 14.7 Å². The minimum atomic E-state index is -1.18. The van der Waals surface area contributed by atoms with Gasteiger partial charge in [0.25, 0.3) is 0 Å². The number of hydrogen-bond acceptors (Lipinski definition) is 3. The summed E-state index contributed by atoms with van der Waals surface area (Å²) in [5, 5.41) is 15.6. The lowest BCUT2D eigenvalue weighted by Crippen LogP contribution is -2.93. The topological polar surface area (TPSA) is 85.8 Å². The van der Waals surface area contributed by atoms with E-state index in [2.05, 4.69) is 12.2 Å². The van der Waals surface area contributed by atoms with E-state index in [1.165, 1.54) is 0 Å². The molecule has 22 heavy (non-hydrogen) atoms. The van der Waals surface area contributed by atoms with Gasteiger partial charge in [-0.15, -0.1) is 0 Å². The van der Waals surface area contributed by atoms with E-state index in [0.717, 1.165) is 31.2 Å². The predicted octanol–water partition coefficient (Wildman–Crippen LogP) is 0.586. The van der Waals surface area contributed by atoms with Crippen LogP contribution in [0.4, 0.5) is 5.69 Å². The molecule has 0 aliphatic carbocycles. The molecular formula is C17H26N2O3. The van der Waals surface area contributed by atoms with E-state index in [0.29, 0.717) is 12.2 Å². The summed E-state index contributed by atoms with van der Waals surface area (Å²) in [5.74, 6) is -1.48. The van der Waals surface area contributed by atoms with Crippen molar-refractivity contribution in [3.05, 3.63) is 29.8 Å². The molecule has 1 rings (SSSR count). The number of rotatable bonds is 10. The number of hydrogen-bond donors (Lipinski definition) is 2. The smallest absolute Gasteiger partial charge is 0.230 e. The van der Waals surface area contributed by atoms with Gasteiger partial charge >= 0.3 is 0 Å². The molecule has 0 spiro atoms. The van der Waals surface area contributed by atoms with Crippen LogP contribution in [0.5, 0.6) is 0 Å². The van der Waals surface area contributed by atoms with E-state index in [1.54, 1.807) is 11.4 Å². The van der Waals surface area contributed by atoms with Crippen molar-refractivity contribution in [2.24, 2.45) is 0 Å². The number of anilines is 1. The number of benzene rings is 1. The molecule has 1 aromatic rings. The molecule has 0 fully saturated rings. The van der Waals surface area contributed by atoms with Gasteiger partial charge in [0.2, 0.25) is 5.91 Å². The second-order valence-electron chi connectivity index (χ2n) is 5.58. The molecule has 0 radical (unpaired) electrons. The number of carboxylic acid groups (broad SMARTS) is 1. The number of carbonyl (C=O) groups is 2. The SMILES string of the molecule is CCCCCC[NH2+][C@H](CC(=O)Nc1ccccc1C)C(=O)[O-]. The normalized spacial score (nSPS) is 11.9. The number of aliphatic carboxylic acids is 1. The van der Waals surface area contributed by atoms with Gasteiger partial charge in [0.05, 0.1) is 18.9 Å². The standard InChI is InChI=1S/C17H26N2O3/c1-3-4-5-8-11-18-15(17(21)22)12-16(20)19-14-10-7-6-9-13(14)2/h6-7,9-10,15,18H,3-5,8,11-12H2,1-2H3,(H,19,20)(H,21,22)/t15-/m1/s1. The summed E-state index contributed by atoms with van der Waals surface area (Å²) in [6.07, 6.45) is 4.25. The molecule has 122 valence electrons. The van der Waals surface area contributed by atoms with Crippen molar-refractivity contribution >= 4 is 17.6 Å². The van der Waals surface area contributed by atoms with Crippen LogP contribution in [0, 0.1) is 6.92 Å². The lowest BCUT2D eigenvalue weighted by atomic mass is 10.1. The Balaban J connectivity index is 2.44.